The summed E-state index contributed by atoms with van der Waals surface area (Å²) in [6.07, 6.45) is 4.08. The minimum atomic E-state index is -0.403. The van der Waals surface area contributed by atoms with Crippen molar-refractivity contribution in [3.8, 4) is 0 Å². The molecule has 0 rings (SSSR count). The van der Waals surface area contributed by atoms with Crippen LogP contribution in [0.25, 0.3) is 0 Å². The highest BCUT2D eigenvalue weighted by molar-refractivity contribution is 4.53. The predicted molar refractivity (Wildman–Crippen MR) is 48.7 cm³/mol. The third-order valence-corrected chi connectivity index (χ3v) is 0.981. The molecule has 0 aromatic rings. The van der Waals surface area contributed by atoms with E-state index in [9.17, 15) is 0 Å². The Balaban J connectivity index is 0. The van der Waals surface area contributed by atoms with Gasteiger partial charge in [-0.15, -0.1) is 0 Å². The van der Waals surface area contributed by atoms with Gasteiger partial charge in [-0.3, -0.25) is 5.26 Å². The molecular formula is C9H22O2. The lowest BCUT2D eigenvalue weighted by Gasteiger charge is -2.10. The Labute approximate surface area is 70.5 Å². The molecule has 0 aliphatic rings. The first-order valence-corrected chi connectivity index (χ1v) is 4.30. The smallest absolute Gasteiger partial charge is 0.0949 e. The molecule has 2 nitrogen and oxygen atoms in total. The maximum absolute atomic E-state index is 7.90. The van der Waals surface area contributed by atoms with Crippen molar-refractivity contribution in [2.75, 3.05) is 0 Å². The average Bonchev–Trinajstić information content (AvgIpc) is 1.90. The summed E-state index contributed by atoms with van der Waals surface area (Å²) in [6.45, 7) is 9.74. The number of hydrogen-bond donors (Lipinski definition) is 1. The van der Waals surface area contributed by atoms with Gasteiger partial charge in [-0.1, -0.05) is 33.1 Å². The zero-order valence-corrected chi connectivity index (χ0v) is 8.48. The summed E-state index contributed by atoms with van der Waals surface area (Å²) >= 11 is 0. The first kappa shape index (κ1) is 13.5. The molecule has 0 atom stereocenters. The largest absolute Gasteiger partial charge is 0.251 e. The molecule has 0 radical (unpaired) electrons. The molecule has 70 valence electrons. The van der Waals surface area contributed by atoms with E-state index in [0.29, 0.717) is 0 Å². The summed E-state index contributed by atoms with van der Waals surface area (Å²) in [7, 11) is 0. The second-order valence-corrected chi connectivity index (χ2v) is 3.56. The van der Waals surface area contributed by atoms with Crippen molar-refractivity contribution in [1.29, 1.82) is 0 Å². The van der Waals surface area contributed by atoms with Gasteiger partial charge >= 0.3 is 0 Å². The molecule has 0 unspecified atom stereocenters. The summed E-state index contributed by atoms with van der Waals surface area (Å²) in [4.78, 5) is 3.94. The SMILES string of the molecule is CC(C)(C)OO.CCCCC. The van der Waals surface area contributed by atoms with Gasteiger partial charge in [0.2, 0.25) is 0 Å². The van der Waals surface area contributed by atoms with Crippen molar-refractivity contribution in [3.05, 3.63) is 0 Å². The van der Waals surface area contributed by atoms with Gasteiger partial charge in [-0.2, -0.15) is 0 Å². The van der Waals surface area contributed by atoms with Gasteiger partial charge in [-0.25, -0.2) is 4.89 Å². The summed E-state index contributed by atoms with van der Waals surface area (Å²) in [5, 5.41) is 7.90. The van der Waals surface area contributed by atoms with Crippen molar-refractivity contribution < 1.29 is 10.1 Å². The van der Waals surface area contributed by atoms with E-state index in [4.69, 9.17) is 5.26 Å². The molecule has 0 aromatic heterocycles. The molecule has 0 saturated heterocycles. The Hall–Kier alpha value is -0.0800. The van der Waals surface area contributed by atoms with Crippen LogP contribution in [0.4, 0.5) is 0 Å². The molecule has 0 saturated carbocycles. The summed E-state index contributed by atoms with van der Waals surface area (Å²) < 4.78 is 0. The van der Waals surface area contributed by atoms with Gasteiger partial charge in [0.05, 0.1) is 5.60 Å². The molecule has 2 heteroatoms. The van der Waals surface area contributed by atoms with Crippen molar-refractivity contribution in [3.63, 3.8) is 0 Å². The monoisotopic (exact) mass is 162 g/mol. The van der Waals surface area contributed by atoms with E-state index >= 15 is 0 Å². The molecule has 11 heavy (non-hydrogen) atoms. The topological polar surface area (TPSA) is 29.5 Å². The molecule has 0 amide bonds. The van der Waals surface area contributed by atoms with E-state index in [1.54, 1.807) is 20.8 Å². The van der Waals surface area contributed by atoms with Crippen LogP contribution in [0.1, 0.15) is 53.9 Å². The average molecular weight is 162 g/mol. The van der Waals surface area contributed by atoms with E-state index < -0.39 is 5.60 Å². The third-order valence-electron chi connectivity index (χ3n) is 0.981. The normalized spacial score (nSPS) is 10.4. The quantitative estimate of drug-likeness (QED) is 0.497. The van der Waals surface area contributed by atoms with Crippen LogP contribution in [0.15, 0.2) is 0 Å². The van der Waals surface area contributed by atoms with Crippen LogP contribution < -0.4 is 0 Å². The van der Waals surface area contributed by atoms with Gasteiger partial charge in [0, 0.05) is 0 Å². The fourth-order valence-corrected chi connectivity index (χ4v) is 0.354. The van der Waals surface area contributed by atoms with Crippen LogP contribution in [-0.4, -0.2) is 10.9 Å². The van der Waals surface area contributed by atoms with Gasteiger partial charge in [0.15, 0.2) is 0 Å². The van der Waals surface area contributed by atoms with Crippen LogP contribution in [0, 0.1) is 0 Å². The minimum absolute atomic E-state index is 0.403. The fraction of sp³-hybridized carbons (Fsp3) is 1.00. The van der Waals surface area contributed by atoms with Crippen LogP contribution in [0.2, 0.25) is 0 Å². The van der Waals surface area contributed by atoms with E-state index in [0.717, 1.165) is 0 Å². The second-order valence-electron chi connectivity index (χ2n) is 3.56. The molecule has 1 N–H and O–H groups in total. The maximum atomic E-state index is 7.90. The molecule has 0 heterocycles. The van der Waals surface area contributed by atoms with Crippen molar-refractivity contribution in [1.82, 2.24) is 0 Å². The zero-order valence-electron chi connectivity index (χ0n) is 8.48. The summed E-state index contributed by atoms with van der Waals surface area (Å²) in [5.74, 6) is 0. The highest BCUT2D eigenvalue weighted by Gasteiger charge is 2.06. The highest BCUT2D eigenvalue weighted by Crippen LogP contribution is 2.01. The Kier molecular flexibility index (Phi) is 9.85. The zero-order chi connectivity index (χ0) is 9.33. The van der Waals surface area contributed by atoms with E-state index in [1.165, 1.54) is 19.3 Å². The molecular weight excluding hydrogens is 140 g/mol. The number of rotatable bonds is 2. The van der Waals surface area contributed by atoms with Crippen LogP contribution in [0.3, 0.4) is 0 Å². The van der Waals surface area contributed by atoms with Gasteiger partial charge in [-0.05, 0) is 20.8 Å². The Morgan fingerprint density at radius 2 is 1.36 bits per heavy atom. The fourth-order valence-electron chi connectivity index (χ4n) is 0.354. The molecule has 0 aromatic carbocycles. The number of hydrogen-bond acceptors (Lipinski definition) is 2. The van der Waals surface area contributed by atoms with E-state index in [2.05, 4.69) is 18.7 Å². The van der Waals surface area contributed by atoms with E-state index in [1.807, 2.05) is 0 Å². The van der Waals surface area contributed by atoms with Crippen LogP contribution in [-0.2, 0) is 4.89 Å². The van der Waals surface area contributed by atoms with Crippen molar-refractivity contribution in [2.45, 2.75) is 59.5 Å². The lowest BCUT2D eigenvalue weighted by molar-refractivity contribution is -0.306. The minimum Gasteiger partial charge on any atom is -0.251 e. The predicted octanol–water partition coefficient (Wildman–Crippen LogP) is 3.47. The lowest BCUT2D eigenvalue weighted by atomic mass is 10.2. The van der Waals surface area contributed by atoms with Crippen LogP contribution in [0.5, 0.6) is 0 Å². The Bertz CT molecular complexity index is 62.5. The second kappa shape index (κ2) is 8.02. The lowest BCUT2D eigenvalue weighted by Crippen LogP contribution is -2.15. The highest BCUT2D eigenvalue weighted by atomic mass is 17.1. The van der Waals surface area contributed by atoms with Gasteiger partial charge in [0.25, 0.3) is 0 Å². The van der Waals surface area contributed by atoms with Gasteiger partial charge < -0.3 is 0 Å². The first-order chi connectivity index (χ1) is 4.97. The molecule has 0 fully saturated rings. The maximum Gasteiger partial charge on any atom is 0.0949 e. The summed E-state index contributed by atoms with van der Waals surface area (Å²) in [5.41, 5.74) is -0.403. The molecule has 0 aliphatic carbocycles. The third kappa shape index (κ3) is 25.7. The molecule has 0 aliphatic heterocycles. The van der Waals surface area contributed by atoms with Crippen LogP contribution >= 0.6 is 0 Å². The Morgan fingerprint density at radius 3 is 1.36 bits per heavy atom. The van der Waals surface area contributed by atoms with Crippen molar-refractivity contribution in [2.24, 2.45) is 0 Å². The van der Waals surface area contributed by atoms with Crippen molar-refractivity contribution >= 4 is 0 Å². The summed E-state index contributed by atoms with van der Waals surface area (Å²) in [6, 6.07) is 0. The van der Waals surface area contributed by atoms with E-state index in [-0.39, 0.29) is 0 Å². The first-order valence-electron chi connectivity index (χ1n) is 4.30. The standard InChI is InChI=1S/C5H12.C4H10O2/c1-3-5-4-2;1-4(2,3)6-5/h3-5H2,1-2H3;5H,1-3H3. The Morgan fingerprint density at radius 1 is 1.09 bits per heavy atom. The molecule has 0 spiro atoms. The van der Waals surface area contributed by atoms with Gasteiger partial charge in [0.1, 0.15) is 0 Å². The molecule has 0 bridgehead atoms. The number of unbranched alkanes of at least 4 members (excludes halogenated alkanes) is 2.